The van der Waals surface area contributed by atoms with Gasteiger partial charge in [-0.2, -0.15) is 0 Å². The van der Waals surface area contributed by atoms with Gasteiger partial charge in [0, 0.05) is 30.1 Å². The summed E-state index contributed by atoms with van der Waals surface area (Å²) in [5.41, 5.74) is -0.110. The molecular weight excluding hydrogens is 477 g/mol. The number of methoxy groups -OCH3 is 2. The maximum Gasteiger partial charge on any atom is 0.336 e. The Morgan fingerprint density at radius 1 is 1.15 bits per heavy atom. The van der Waals surface area contributed by atoms with Crippen molar-refractivity contribution in [1.29, 1.82) is 0 Å². The van der Waals surface area contributed by atoms with Crippen molar-refractivity contribution in [1.82, 2.24) is 0 Å². The highest BCUT2D eigenvalue weighted by Crippen LogP contribution is 2.37. The summed E-state index contributed by atoms with van der Waals surface area (Å²) in [4.78, 5) is 51.0. The molecule has 0 bridgehead atoms. The number of rotatable bonds is 8. The number of anilines is 1. The lowest BCUT2D eigenvalue weighted by atomic mass is 9.90. The Kier molecular flexibility index (Phi) is 9.87. The van der Waals surface area contributed by atoms with Crippen molar-refractivity contribution in [2.45, 2.75) is 49.7 Å². The highest BCUT2D eigenvalue weighted by molar-refractivity contribution is 8.00. The van der Waals surface area contributed by atoms with Gasteiger partial charge in [-0.15, -0.1) is 11.8 Å². The number of imide groups is 1. The van der Waals surface area contributed by atoms with E-state index in [0.717, 1.165) is 24.8 Å². The molecule has 0 fully saturated rings. The number of hydrogen-bond acceptors (Lipinski definition) is 8. The summed E-state index contributed by atoms with van der Waals surface area (Å²) >= 11 is 7.13. The lowest BCUT2D eigenvalue weighted by Crippen LogP contribution is -2.38. The number of hydrogen-bond donors (Lipinski definition) is 0. The topological polar surface area (TPSA) is 99.2 Å². The van der Waals surface area contributed by atoms with E-state index in [1.54, 1.807) is 6.92 Å². The quantitative estimate of drug-likeness (QED) is 0.299. The molecule has 0 spiro atoms. The number of thioether (sulfide) groups is 1. The van der Waals surface area contributed by atoms with E-state index >= 15 is 0 Å². The van der Waals surface area contributed by atoms with Crippen LogP contribution in [0.3, 0.4) is 0 Å². The molecule has 0 heterocycles. The maximum absolute atomic E-state index is 14.9. The Balaban J connectivity index is 2.50. The molecule has 0 N–H and O–H groups in total. The van der Waals surface area contributed by atoms with Crippen molar-refractivity contribution >= 4 is 52.8 Å². The molecule has 0 aromatic heterocycles. The van der Waals surface area contributed by atoms with E-state index in [0.29, 0.717) is 17.7 Å². The summed E-state index contributed by atoms with van der Waals surface area (Å²) in [7, 11) is 2.59. The molecule has 1 atom stereocenters. The average Bonchev–Trinajstić information content (AvgIpc) is 2.79. The van der Waals surface area contributed by atoms with E-state index in [2.05, 4.69) is 4.74 Å². The molecule has 1 aliphatic carbocycles. The summed E-state index contributed by atoms with van der Waals surface area (Å²) in [6, 6.07) is 2.20. The Morgan fingerprint density at radius 3 is 2.36 bits per heavy atom. The molecule has 180 valence electrons. The largest absolute Gasteiger partial charge is 0.468 e. The molecule has 8 nitrogen and oxygen atoms in total. The molecule has 1 aromatic rings. The van der Waals surface area contributed by atoms with Gasteiger partial charge in [-0.25, -0.2) is 14.1 Å². The van der Waals surface area contributed by atoms with Crippen molar-refractivity contribution in [2.75, 3.05) is 25.9 Å². The Bertz CT molecular complexity index is 982. The minimum Gasteiger partial charge on any atom is -0.468 e. The van der Waals surface area contributed by atoms with Crippen LogP contribution < -0.4 is 4.90 Å². The lowest BCUT2D eigenvalue weighted by molar-refractivity contribution is -0.150. The molecule has 1 unspecified atom stereocenters. The number of carbonyl (C=O) groups is 4. The second kappa shape index (κ2) is 12.2. The van der Waals surface area contributed by atoms with Crippen LogP contribution in [0.1, 0.15) is 39.5 Å². The zero-order chi connectivity index (χ0) is 24.7. The van der Waals surface area contributed by atoms with Gasteiger partial charge < -0.3 is 14.2 Å². The first-order chi connectivity index (χ1) is 15.6. The van der Waals surface area contributed by atoms with E-state index in [4.69, 9.17) is 21.1 Å². The van der Waals surface area contributed by atoms with E-state index in [1.807, 2.05) is 0 Å². The predicted octanol–water partition coefficient (Wildman–Crippen LogP) is 4.03. The summed E-state index contributed by atoms with van der Waals surface area (Å²) in [6.45, 7) is 2.40. The van der Waals surface area contributed by atoms with Crippen LogP contribution in [0.4, 0.5) is 10.1 Å². The minimum absolute atomic E-state index is 0.00803. The molecule has 0 aliphatic heterocycles. The molecule has 2 rings (SSSR count). The minimum atomic E-state index is -0.904. The average molecular weight is 502 g/mol. The van der Waals surface area contributed by atoms with Gasteiger partial charge in [0.1, 0.15) is 11.1 Å². The molecular formula is C22H25ClFNO7S. The van der Waals surface area contributed by atoms with Gasteiger partial charge in [-0.1, -0.05) is 11.6 Å². The number of halogens is 2. The van der Waals surface area contributed by atoms with Crippen molar-refractivity contribution in [3.63, 3.8) is 0 Å². The van der Waals surface area contributed by atoms with Crippen LogP contribution in [0, 0.1) is 5.82 Å². The van der Waals surface area contributed by atoms with Crippen LogP contribution in [0.2, 0.25) is 5.02 Å². The third-order valence-corrected chi connectivity index (χ3v) is 6.44. The van der Waals surface area contributed by atoms with Crippen LogP contribution in [0.15, 0.2) is 28.2 Å². The van der Waals surface area contributed by atoms with Gasteiger partial charge in [0.15, 0.2) is 6.79 Å². The molecule has 0 saturated carbocycles. The van der Waals surface area contributed by atoms with Gasteiger partial charge >= 0.3 is 11.9 Å². The molecule has 1 aromatic carbocycles. The molecule has 33 heavy (non-hydrogen) atoms. The van der Waals surface area contributed by atoms with Crippen molar-refractivity contribution < 1.29 is 37.8 Å². The van der Waals surface area contributed by atoms with Crippen LogP contribution in [-0.4, -0.2) is 50.0 Å². The Morgan fingerprint density at radius 2 is 1.79 bits per heavy atom. The number of carbonyl (C=O) groups excluding carboxylic acids is 4. The van der Waals surface area contributed by atoms with Gasteiger partial charge in [0.05, 0.1) is 17.8 Å². The van der Waals surface area contributed by atoms with Crippen molar-refractivity contribution in [3.05, 3.63) is 34.1 Å². The summed E-state index contributed by atoms with van der Waals surface area (Å²) in [5.74, 6) is -3.71. The number of esters is 2. The summed E-state index contributed by atoms with van der Waals surface area (Å²) in [6.07, 6.45) is 1.80. The standard InChI is InChI=1S/C22H25ClFNO7S/c1-12(21(28)31-4)33-19-10-18(17(24)9-16(19)23)25(13(2)26)20(27)14-7-5-6-8-15(14)22(29)32-11-30-3/h9-10,12H,5-8,11H2,1-4H3. The number of ether oxygens (including phenoxy) is 3. The molecule has 2 amide bonds. The highest BCUT2D eigenvalue weighted by atomic mass is 35.5. The van der Waals surface area contributed by atoms with Gasteiger partial charge in [0.25, 0.3) is 5.91 Å². The maximum atomic E-state index is 14.9. The van der Waals surface area contributed by atoms with Crippen molar-refractivity contribution in [3.8, 4) is 0 Å². The fraction of sp³-hybridized carbons (Fsp3) is 0.455. The van der Waals surface area contributed by atoms with Gasteiger partial charge in [-0.3, -0.25) is 14.4 Å². The normalized spacial score (nSPS) is 14.5. The summed E-state index contributed by atoms with van der Waals surface area (Å²) in [5, 5.41) is -0.663. The van der Waals surface area contributed by atoms with Crippen LogP contribution in [0.25, 0.3) is 0 Å². The third-order valence-electron chi connectivity index (χ3n) is 4.88. The van der Waals surface area contributed by atoms with Gasteiger partial charge in [-0.05, 0) is 44.7 Å². The SMILES string of the molecule is COCOC(=O)C1=C(C(=O)N(C(C)=O)c2cc(SC(C)C(=O)OC)c(Cl)cc2F)CCCC1. The molecule has 0 saturated heterocycles. The number of benzene rings is 1. The lowest BCUT2D eigenvalue weighted by Gasteiger charge is -2.25. The second-order valence-corrected chi connectivity index (χ2v) is 8.97. The zero-order valence-electron chi connectivity index (χ0n) is 18.7. The first kappa shape index (κ1) is 26.8. The second-order valence-electron chi connectivity index (χ2n) is 7.18. The monoisotopic (exact) mass is 501 g/mol. The fourth-order valence-electron chi connectivity index (χ4n) is 3.31. The first-order valence-corrected chi connectivity index (χ1v) is 11.3. The first-order valence-electron chi connectivity index (χ1n) is 10.1. The molecule has 11 heteroatoms. The third kappa shape index (κ3) is 6.55. The predicted molar refractivity (Wildman–Crippen MR) is 120 cm³/mol. The number of nitrogens with zero attached hydrogens (tertiary/aromatic N) is 1. The highest BCUT2D eigenvalue weighted by Gasteiger charge is 2.32. The van der Waals surface area contributed by atoms with Crippen LogP contribution >= 0.6 is 23.4 Å². The van der Waals surface area contributed by atoms with Crippen LogP contribution in [-0.2, 0) is 33.4 Å². The summed E-state index contributed by atoms with van der Waals surface area (Å²) < 4.78 is 29.3. The van der Waals surface area contributed by atoms with E-state index in [9.17, 15) is 23.6 Å². The molecule has 1 aliphatic rings. The smallest absolute Gasteiger partial charge is 0.336 e. The Labute approximate surface area is 200 Å². The van der Waals surface area contributed by atoms with E-state index in [1.165, 1.54) is 20.3 Å². The van der Waals surface area contributed by atoms with E-state index < -0.39 is 34.8 Å². The van der Waals surface area contributed by atoms with Gasteiger partial charge in [0.2, 0.25) is 5.91 Å². The zero-order valence-corrected chi connectivity index (χ0v) is 20.3. The fourth-order valence-corrected chi connectivity index (χ4v) is 4.52. The molecule has 0 radical (unpaired) electrons. The Hall–Kier alpha value is -2.43. The number of amides is 2. The van der Waals surface area contributed by atoms with E-state index in [-0.39, 0.29) is 46.4 Å². The van der Waals surface area contributed by atoms with Crippen molar-refractivity contribution in [2.24, 2.45) is 0 Å². The van der Waals surface area contributed by atoms with Crippen LogP contribution in [0.5, 0.6) is 0 Å².